The van der Waals surface area contributed by atoms with Crippen molar-refractivity contribution in [3.8, 4) is 11.4 Å². The highest BCUT2D eigenvalue weighted by atomic mass is 35.5. The van der Waals surface area contributed by atoms with E-state index in [1.54, 1.807) is 16.7 Å². The average molecular weight is 467 g/mol. The molecule has 2 aromatic heterocycles. The lowest BCUT2D eigenvalue weighted by atomic mass is 10.2. The van der Waals surface area contributed by atoms with Gasteiger partial charge in [-0.15, -0.1) is 0 Å². The number of fused-ring (bicyclic) bond motifs is 1. The molecule has 7 nitrogen and oxygen atoms in total. The first kappa shape index (κ1) is 21.4. The van der Waals surface area contributed by atoms with Crippen LogP contribution in [0.3, 0.4) is 0 Å². The van der Waals surface area contributed by atoms with Crippen molar-refractivity contribution in [2.75, 3.05) is 51.3 Å². The van der Waals surface area contributed by atoms with E-state index >= 15 is 0 Å². The average Bonchev–Trinajstić information content (AvgIpc) is 3.41. The number of benzene rings is 1. The number of rotatable bonds is 3. The Labute approximate surface area is 187 Å². The molecule has 0 N–H and O–H groups in total. The van der Waals surface area contributed by atoms with Crippen molar-refractivity contribution >= 4 is 28.6 Å². The molecule has 0 spiro atoms. The number of piperazine rings is 1. The zero-order valence-corrected chi connectivity index (χ0v) is 18.2. The van der Waals surface area contributed by atoms with Crippen LogP contribution in [-0.4, -0.2) is 70.9 Å². The molecule has 1 atom stereocenters. The van der Waals surface area contributed by atoms with E-state index < -0.39 is 12.0 Å². The van der Waals surface area contributed by atoms with Gasteiger partial charge in [0.25, 0.3) is 0 Å². The van der Waals surface area contributed by atoms with Crippen LogP contribution in [0, 0.1) is 0 Å². The third-order valence-corrected chi connectivity index (χ3v) is 6.29. The minimum atomic E-state index is -4.68. The summed E-state index contributed by atoms with van der Waals surface area (Å²) in [5.41, 5.74) is 1.15. The lowest BCUT2D eigenvalue weighted by Crippen LogP contribution is -2.45. The van der Waals surface area contributed by atoms with Crippen molar-refractivity contribution < 1.29 is 17.9 Å². The molecular formula is C21H22ClF3N6O. The molecule has 11 heteroatoms. The van der Waals surface area contributed by atoms with Crippen LogP contribution in [0.25, 0.3) is 22.6 Å². The largest absolute Gasteiger partial charge is 0.451 e. The van der Waals surface area contributed by atoms with E-state index in [9.17, 15) is 13.2 Å². The number of imidazole rings is 1. The van der Waals surface area contributed by atoms with Gasteiger partial charge < -0.3 is 19.1 Å². The first-order valence-electron chi connectivity index (χ1n) is 10.5. The summed E-state index contributed by atoms with van der Waals surface area (Å²) < 4.78 is 48.7. The van der Waals surface area contributed by atoms with Crippen molar-refractivity contribution in [1.82, 2.24) is 24.4 Å². The number of anilines is 1. The molecule has 4 heterocycles. The van der Waals surface area contributed by atoms with Gasteiger partial charge in [-0.3, -0.25) is 0 Å². The van der Waals surface area contributed by atoms with E-state index in [1.165, 1.54) is 0 Å². The quantitative estimate of drug-likeness (QED) is 0.584. The van der Waals surface area contributed by atoms with Crippen molar-refractivity contribution in [2.24, 2.45) is 0 Å². The lowest BCUT2D eigenvalue weighted by Gasteiger charge is -2.33. The van der Waals surface area contributed by atoms with Crippen molar-refractivity contribution in [3.63, 3.8) is 0 Å². The summed E-state index contributed by atoms with van der Waals surface area (Å²) >= 11 is 6.46. The second-order valence-electron chi connectivity index (χ2n) is 8.13. The van der Waals surface area contributed by atoms with Crippen LogP contribution in [0.2, 0.25) is 5.02 Å². The maximum atomic E-state index is 13.8. The monoisotopic (exact) mass is 466 g/mol. The van der Waals surface area contributed by atoms with Gasteiger partial charge in [-0.25, -0.2) is 15.0 Å². The number of ether oxygens (including phenoxy) is 1. The Kier molecular flexibility index (Phi) is 5.47. The van der Waals surface area contributed by atoms with Crippen LogP contribution in [0.1, 0.15) is 18.3 Å². The first-order chi connectivity index (χ1) is 15.3. The molecule has 0 bridgehead atoms. The van der Waals surface area contributed by atoms with Crippen molar-refractivity contribution in [2.45, 2.75) is 18.6 Å². The number of alkyl halides is 3. The number of likely N-dealkylation sites (N-methyl/N-ethyl adjacent to an activating group) is 1. The summed E-state index contributed by atoms with van der Waals surface area (Å²) in [6, 6.07) is 6.98. The Bertz CT molecular complexity index is 1140. The fraction of sp³-hybridized carbons (Fsp3) is 0.476. The van der Waals surface area contributed by atoms with Gasteiger partial charge in [-0.2, -0.15) is 13.2 Å². The number of nitrogens with zero attached hydrogens (tertiary/aromatic N) is 6. The molecule has 170 valence electrons. The molecule has 0 saturated carbocycles. The van der Waals surface area contributed by atoms with Gasteiger partial charge in [-0.1, -0.05) is 23.7 Å². The zero-order chi connectivity index (χ0) is 22.5. The van der Waals surface area contributed by atoms with E-state index in [-0.39, 0.29) is 17.5 Å². The van der Waals surface area contributed by atoms with Gasteiger partial charge in [0.15, 0.2) is 17.0 Å². The second-order valence-corrected chi connectivity index (χ2v) is 8.54. The zero-order valence-electron chi connectivity index (χ0n) is 17.4. The molecular weight excluding hydrogens is 445 g/mol. The minimum absolute atomic E-state index is 0.159. The Morgan fingerprint density at radius 2 is 1.81 bits per heavy atom. The number of hydrogen-bond donors (Lipinski definition) is 0. The molecule has 0 aliphatic carbocycles. The van der Waals surface area contributed by atoms with Crippen LogP contribution in [0.15, 0.2) is 24.3 Å². The highest BCUT2D eigenvalue weighted by Gasteiger charge is 2.38. The molecule has 0 amide bonds. The highest BCUT2D eigenvalue weighted by molar-refractivity contribution is 6.33. The smallest absolute Gasteiger partial charge is 0.379 e. The van der Waals surface area contributed by atoms with Gasteiger partial charge in [0.2, 0.25) is 5.82 Å². The van der Waals surface area contributed by atoms with Gasteiger partial charge in [0.1, 0.15) is 5.82 Å². The topological polar surface area (TPSA) is 59.3 Å². The van der Waals surface area contributed by atoms with E-state index in [0.29, 0.717) is 54.7 Å². The normalized spacial score (nSPS) is 20.4. The lowest BCUT2D eigenvalue weighted by molar-refractivity contribution is -0.144. The van der Waals surface area contributed by atoms with Crippen molar-refractivity contribution in [1.29, 1.82) is 0 Å². The predicted molar refractivity (Wildman–Crippen MR) is 115 cm³/mol. The summed E-state index contributed by atoms with van der Waals surface area (Å²) in [6.45, 7) is 3.46. The molecule has 0 unspecified atom stereocenters. The summed E-state index contributed by atoms with van der Waals surface area (Å²) in [7, 11) is 1.98. The molecule has 2 aliphatic heterocycles. The van der Waals surface area contributed by atoms with Crippen LogP contribution in [-0.2, 0) is 10.9 Å². The molecule has 2 saturated heterocycles. The highest BCUT2D eigenvalue weighted by Crippen LogP contribution is 2.38. The number of aromatic nitrogens is 4. The Morgan fingerprint density at radius 3 is 2.47 bits per heavy atom. The van der Waals surface area contributed by atoms with Crippen LogP contribution in [0.4, 0.5) is 19.0 Å². The second kappa shape index (κ2) is 8.17. The van der Waals surface area contributed by atoms with E-state index in [0.717, 1.165) is 13.1 Å². The van der Waals surface area contributed by atoms with Crippen LogP contribution in [0.5, 0.6) is 0 Å². The fourth-order valence-corrected chi connectivity index (χ4v) is 4.45. The summed E-state index contributed by atoms with van der Waals surface area (Å²) in [5, 5.41) is 0.466. The molecule has 2 aliphatic rings. The van der Waals surface area contributed by atoms with Gasteiger partial charge >= 0.3 is 6.18 Å². The van der Waals surface area contributed by atoms with Crippen LogP contribution >= 0.6 is 11.6 Å². The van der Waals surface area contributed by atoms with Gasteiger partial charge in [0, 0.05) is 38.3 Å². The summed E-state index contributed by atoms with van der Waals surface area (Å²) in [5.74, 6) is -0.476. The maximum absolute atomic E-state index is 13.8. The van der Waals surface area contributed by atoms with Gasteiger partial charge in [-0.05, 0) is 25.6 Å². The molecule has 2 fully saturated rings. The standard InChI is InChI=1S/C21H22ClF3N6O/c1-29-7-9-30(10-8-29)18-16-19(28-20(27-18)21(23,24)25)31(13-6-11-32-12-13)17(26-16)14-4-2-3-5-15(14)22/h2-5,13H,6-12H2,1H3/t13-/m1/s1. The first-order valence-corrected chi connectivity index (χ1v) is 10.8. The molecule has 1 aromatic carbocycles. The molecule has 0 radical (unpaired) electrons. The van der Waals surface area contributed by atoms with Crippen molar-refractivity contribution in [3.05, 3.63) is 35.1 Å². The van der Waals surface area contributed by atoms with E-state index in [1.807, 2.05) is 24.1 Å². The Hall–Kier alpha value is -2.43. The third kappa shape index (κ3) is 3.80. The van der Waals surface area contributed by atoms with E-state index in [4.69, 9.17) is 21.3 Å². The predicted octanol–water partition coefficient (Wildman–Crippen LogP) is 3.88. The van der Waals surface area contributed by atoms with Gasteiger partial charge in [0.05, 0.1) is 17.7 Å². The van der Waals surface area contributed by atoms with E-state index in [2.05, 4.69) is 14.9 Å². The molecule has 3 aromatic rings. The molecule has 5 rings (SSSR count). The third-order valence-electron chi connectivity index (χ3n) is 5.96. The molecule has 32 heavy (non-hydrogen) atoms. The SMILES string of the molecule is CN1CCN(c2nc(C(F)(F)F)nc3c2nc(-c2ccccc2Cl)n3[C@@H]2CCOC2)CC1. The summed E-state index contributed by atoms with van der Waals surface area (Å²) in [6.07, 6.45) is -4.03. The fourth-order valence-electron chi connectivity index (χ4n) is 4.23. The minimum Gasteiger partial charge on any atom is -0.379 e. The Morgan fingerprint density at radius 1 is 1.06 bits per heavy atom. The summed E-state index contributed by atoms with van der Waals surface area (Å²) in [4.78, 5) is 16.7. The maximum Gasteiger partial charge on any atom is 0.451 e. The van der Waals surface area contributed by atoms with Crippen LogP contribution < -0.4 is 4.90 Å². The number of halogens is 4. The Balaban J connectivity index is 1.78. The number of hydrogen-bond acceptors (Lipinski definition) is 6.